The molecule has 1 N–H and O–H groups in total. The average molecular weight is 337 g/mol. The summed E-state index contributed by atoms with van der Waals surface area (Å²) in [6.07, 6.45) is 0. The van der Waals surface area contributed by atoms with Crippen LogP contribution in [0.4, 0.5) is 0 Å². The van der Waals surface area contributed by atoms with E-state index in [2.05, 4.69) is 4.72 Å². The zero-order valence-corrected chi connectivity index (χ0v) is 13.7. The summed E-state index contributed by atoms with van der Waals surface area (Å²) in [6, 6.07) is 8.74. The van der Waals surface area contributed by atoms with E-state index in [1.54, 1.807) is 40.7 Å². The summed E-state index contributed by atoms with van der Waals surface area (Å²) in [4.78, 5) is 11.9. The van der Waals surface area contributed by atoms with Crippen LogP contribution in [0, 0.1) is 0 Å². The van der Waals surface area contributed by atoms with Crippen LogP contribution < -0.4 is 10.4 Å². The van der Waals surface area contributed by atoms with Crippen molar-refractivity contribution in [3.8, 4) is 0 Å². The van der Waals surface area contributed by atoms with Gasteiger partial charge in [-0.05, 0) is 29.1 Å². The van der Waals surface area contributed by atoms with Crippen LogP contribution in [0.2, 0.25) is 0 Å². The summed E-state index contributed by atoms with van der Waals surface area (Å²) in [5.41, 5.74) is 2.29. The summed E-state index contributed by atoms with van der Waals surface area (Å²) in [6.45, 7) is 0.180. The van der Waals surface area contributed by atoms with E-state index in [0.29, 0.717) is 4.21 Å². The second-order valence-electron chi connectivity index (χ2n) is 4.98. The predicted octanol–water partition coefficient (Wildman–Crippen LogP) is 1.42. The summed E-state index contributed by atoms with van der Waals surface area (Å²) in [7, 11) is -0.0759. The van der Waals surface area contributed by atoms with Crippen molar-refractivity contribution in [3.63, 3.8) is 0 Å². The topological polar surface area (TPSA) is 73.1 Å². The highest BCUT2D eigenvalue weighted by atomic mass is 32.2. The van der Waals surface area contributed by atoms with Gasteiger partial charge in [-0.2, -0.15) is 0 Å². The average Bonchev–Trinajstić information content (AvgIpc) is 3.11. The molecule has 116 valence electrons. The molecule has 2 aromatic heterocycles. The van der Waals surface area contributed by atoms with E-state index >= 15 is 0 Å². The molecule has 0 spiro atoms. The number of nitrogens with zero attached hydrogens (tertiary/aromatic N) is 2. The van der Waals surface area contributed by atoms with Gasteiger partial charge in [0.25, 0.3) is 0 Å². The molecular formula is C14H15N3O3S2. The fourth-order valence-electron chi connectivity index (χ4n) is 2.33. The Morgan fingerprint density at radius 1 is 1.14 bits per heavy atom. The zero-order chi connectivity index (χ0) is 15.9. The highest BCUT2D eigenvalue weighted by molar-refractivity contribution is 7.91. The fourth-order valence-corrected chi connectivity index (χ4v) is 4.38. The number of thiophene rings is 1. The monoisotopic (exact) mass is 337 g/mol. The molecule has 0 fully saturated rings. The minimum atomic E-state index is -3.49. The third-order valence-electron chi connectivity index (χ3n) is 3.56. The first kappa shape index (κ1) is 15.0. The van der Waals surface area contributed by atoms with Crippen LogP contribution in [0.5, 0.6) is 0 Å². The first-order chi connectivity index (χ1) is 10.4. The molecule has 22 heavy (non-hydrogen) atoms. The van der Waals surface area contributed by atoms with E-state index in [1.165, 1.54) is 11.3 Å². The summed E-state index contributed by atoms with van der Waals surface area (Å²) in [5, 5.41) is 1.72. The summed E-state index contributed by atoms with van der Waals surface area (Å²) in [5.74, 6) is 0. The van der Waals surface area contributed by atoms with Crippen molar-refractivity contribution < 1.29 is 8.42 Å². The highest BCUT2D eigenvalue weighted by Gasteiger charge is 2.15. The van der Waals surface area contributed by atoms with Crippen LogP contribution in [-0.2, 0) is 30.7 Å². The van der Waals surface area contributed by atoms with Crippen LogP contribution >= 0.6 is 11.3 Å². The third-order valence-corrected chi connectivity index (χ3v) is 6.36. The lowest BCUT2D eigenvalue weighted by atomic mass is 10.2. The van der Waals surface area contributed by atoms with E-state index in [9.17, 15) is 13.2 Å². The van der Waals surface area contributed by atoms with Gasteiger partial charge in [0.2, 0.25) is 10.0 Å². The Kier molecular flexibility index (Phi) is 3.67. The Hall–Kier alpha value is -1.90. The van der Waals surface area contributed by atoms with Crippen molar-refractivity contribution in [2.24, 2.45) is 14.1 Å². The molecule has 3 rings (SSSR count). The number of imidazole rings is 1. The van der Waals surface area contributed by atoms with Crippen molar-refractivity contribution in [1.29, 1.82) is 0 Å². The van der Waals surface area contributed by atoms with Gasteiger partial charge in [0.1, 0.15) is 4.21 Å². The molecule has 0 saturated heterocycles. The van der Waals surface area contributed by atoms with E-state index in [0.717, 1.165) is 16.6 Å². The molecule has 0 amide bonds. The summed E-state index contributed by atoms with van der Waals surface area (Å²) < 4.78 is 30.2. The Balaban J connectivity index is 1.89. The number of hydrogen-bond acceptors (Lipinski definition) is 4. The molecule has 2 heterocycles. The van der Waals surface area contributed by atoms with Crippen LogP contribution in [-0.4, -0.2) is 17.6 Å². The van der Waals surface area contributed by atoms with Gasteiger partial charge in [-0.1, -0.05) is 12.1 Å². The maximum atomic E-state index is 12.1. The second kappa shape index (κ2) is 5.38. The lowest BCUT2D eigenvalue weighted by Gasteiger charge is -2.05. The van der Waals surface area contributed by atoms with Crippen molar-refractivity contribution in [1.82, 2.24) is 13.9 Å². The van der Waals surface area contributed by atoms with Gasteiger partial charge in [0, 0.05) is 20.6 Å². The molecule has 0 radical (unpaired) electrons. The largest absolute Gasteiger partial charge is 0.328 e. The van der Waals surface area contributed by atoms with Gasteiger partial charge in [0.15, 0.2) is 0 Å². The first-order valence-electron chi connectivity index (χ1n) is 6.57. The molecule has 6 nitrogen and oxygen atoms in total. The highest BCUT2D eigenvalue weighted by Crippen LogP contribution is 2.17. The lowest BCUT2D eigenvalue weighted by molar-refractivity contribution is 0.583. The molecule has 8 heteroatoms. The number of hydrogen-bond donors (Lipinski definition) is 1. The van der Waals surface area contributed by atoms with Crippen LogP contribution in [0.25, 0.3) is 11.0 Å². The van der Waals surface area contributed by atoms with Crippen molar-refractivity contribution in [2.45, 2.75) is 10.8 Å². The minimum Gasteiger partial charge on any atom is -0.295 e. The number of sulfonamides is 1. The number of aromatic nitrogens is 2. The number of benzene rings is 1. The Morgan fingerprint density at radius 2 is 1.86 bits per heavy atom. The van der Waals surface area contributed by atoms with E-state index in [4.69, 9.17) is 0 Å². The quantitative estimate of drug-likeness (QED) is 0.782. The lowest BCUT2D eigenvalue weighted by Crippen LogP contribution is -2.22. The van der Waals surface area contributed by atoms with Crippen molar-refractivity contribution in [2.75, 3.05) is 0 Å². The Morgan fingerprint density at radius 3 is 2.55 bits per heavy atom. The maximum Gasteiger partial charge on any atom is 0.328 e. The van der Waals surface area contributed by atoms with E-state index < -0.39 is 10.0 Å². The van der Waals surface area contributed by atoms with Gasteiger partial charge in [0.05, 0.1) is 11.0 Å². The molecular weight excluding hydrogens is 322 g/mol. The normalized spacial score (nSPS) is 12.1. The predicted molar refractivity (Wildman–Crippen MR) is 86.5 cm³/mol. The van der Waals surface area contributed by atoms with Crippen LogP contribution in [0.1, 0.15) is 5.56 Å². The van der Waals surface area contributed by atoms with E-state index in [1.807, 2.05) is 18.2 Å². The maximum absolute atomic E-state index is 12.1. The fraction of sp³-hybridized carbons (Fsp3) is 0.214. The van der Waals surface area contributed by atoms with Gasteiger partial charge in [-0.15, -0.1) is 11.3 Å². The SMILES string of the molecule is Cn1c(=O)n(C)c2cc(CNS(=O)(=O)c3cccs3)ccc21. The smallest absolute Gasteiger partial charge is 0.295 e. The zero-order valence-electron chi connectivity index (χ0n) is 12.1. The molecule has 1 aromatic carbocycles. The number of aryl methyl sites for hydroxylation is 2. The van der Waals surface area contributed by atoms with Gasteiger partial charge in [-0.25, -0.2) is 17.9 Å². The second-order valence-corrected chi connectivity index (χ2v) is 7.92. The Bertz CT molecular complexity index is 982. The molecule has 0 unspecified atom stereocenters. The minimum absolute atomic E-state index is 0.105. The van der Waals surface area contributed by atoms with Gasteiger partial charge < -0.3 is 0 Å². The van der Waals surface area contributed by atoms with Crippen LogP contribution in [0.15, 0.2) is 44.7 Å². The summed E-state index contributed by atoms with van der Waals surface area (Å²) >= 11 is 1.18. The van der Waals surface area contributed by atoms with Gasteiger partial charge in [-0.3, -0.25) is 9.13 Å². The molecule has 0 bridgehead atoms. The molecule has 0 aliphatic carbocycles. The molecule has 0 aliphatic heterocycles. The third kappa shape index (κ3) is 2.49. The molecule has 0 atom stereocenters. The van der Waals surface area contributed by atoms with Crippen molar-refractivity contribution >= 4 is 32.4 Å². The van der Waals surface area contributed by atoms with Crippen LogP contribution in [0.3, 0.4) is 0 Å². The Labute approximate surface area is 131 Å². The van der Waals surface area contributed by atoms with Gasteiger partial charge >= 0.3 is 5.69 Å². The number of rotatable bonds is 4. The molecule has 3 aromatic rings. The number of fused-ring (bicyclic) bond motifs is 1. The van der Waals surface area contributed by atoms with Crippen molar-refractivity contribution in [3.05, 3.63) is 51.8 Å². The molecule has 0 aliphatic rings. The van der Waals surface area contributed by atoms with E-state index in [-0.39, 0.29) is 12.2 Å². The standard InChI is InChI=1S/C14H15N3O3S2/c1-16-11-6-5-10(8-12(11)17(2)14(16)18)9-15-22(19,20)13-4-3-7-21-13/h3-8,15H,9H2,1-2H3. The number of nitrogens with one attached hydrogen (secondary N) is 1. The molecule has 0 saturated carbocycles. The first-order valence-corrected chi connectivity index (χ1v) is 8.94.